The molecule has 0 aliphatic rings. The first-order valence-corrected chi connectivity index (χ1v) is 6.85. The number of hydrogen-bond acceptors (Lipinski definition) is 3. The fraction of sp³-hybridized carbons (Fsp3) is 0.286. The normalized spacial score (nSPS) is 12.1. The molecule has 0 aromatic carbocycles. The van der Waals surface area contributed by atoms with E-state index in [4.69, 9.17) is 0 Å². The summed E-state index contributed by atoms with van der Waals surface area (Å²) in [6.45, 7) is 2.01. The van der Waals surface area contributed by atoms with Gasteiger partial charge in [-0.3, -0.25) is 9.78 Å². The molecule has 1 atom stereocenters. The Morgan fingerprint density at radius 3 is 3.00 bits per heavy atom. The summed E-state index contributed by atoms with van der Waals surface area (Å²) < 4.78 is 0. The van der Waals surface area contributed by atoms with Gasteiger partial charge in [0.15, 0.2) is 0 Å². The maximum Gasteiger partial charge on any atom is 0.220 e. The fourth-order valence-electron chi connectivity index (χ4n) is 1.73. The first-order valence-electron chi connectivity index (χ1n) is 5.97. The van der Waals surface area contributed by atoms with Gasteiger partial charge in [0.2, 0.25) is 5.91 Å². The van der Waals surface area contributed by atoms with E-state index < -0.39 is 0 Å². The minimum absolute atomic E-state index is 0.0831. The molecule has 1 N–H and O–H groups in total. The van der Waals surface area contributed by atoms with Gasteiger partial charge in [0.1, 0.15) is 0 Å². The third-order valence-electron chi connectivity index (χ3n) is 2.71. The van der Waals surface area contributed by atoms with E-state index >= 15 is 0 Å². The standard InChI is InChI=1S/C14H16N2OS/c1-11(13-5-3-9-18-13)16-14(17)7-6-12-4-2-8-15-10-12/h2-5,8-11H,6-7H2,1H3,(H,16,17)/t11-/m1/s1. The molecule has 2 aromatic rings. The Hall–Kier alpha value is -1.68. The summed E-state index contributed by atoms with van der Waals surface area (Å²) in [4.78, 5) is 17.0. The van der Waals surface area contributed by atoms with Crippen LogP contribution in [0, 0.1) is 0 Å². The maximum atomic E-state index is 11.8. The molecule has 3 nitrogen and oxygen atoms in total. The van der Waals surface area contributed by atoms with Crippen LogP contribution in [0.3, 0.4) is 0 Å². The predicted octanol–water partition coefficient (Wildman–Crippen LogP) is 2.95. The molecule has 0 radical (unpaired) electrons. The van der Waals surface area contributed by atoms with Crippen molar-refractivity contribution < 1.29 is 4.79 Å². The van der Waals surface area contributed by atoms with E-state index in [-0.39, 0.29) is 11.9 Å². The third kappa shape index (κ3) is 3.67. The third-order valence-corrected chi connectivity index (χ3v) is 3.77. The summed E-state index contributed by atoms with van der Waals surface area (Å²) in [5, 5.41) is 5.03. The van der Waals surface area contributed by atoms with Gasteiger partial charge < -0.3 is 5.32 Å². The zero-order chi connectivity index (χ0) is 12.8. The molecular weight excluding hydrogens is 244 g/mol. The lowest BCUT2D eigenvalue weighted by Gasteiger charge is -2.11. The molecule has 94 valence electrons. The van der Waals surface area contributed by atoms with E-state index in [0.717, 1.165) is 12.0 Å². The van der Waals surface area contributed by atoms with E-state index in [1.54, 1.807) is 23.7 Å². The lowest BCUT2D eigenvalue weighted by molar-refractivity contribution is -0.121. The van der Waals surface area contributed by atoms with E-state index in [2.05, 4.69) is 10.3 Å². The van der Waals surface area contributed by atoms with Gasteiger partial charge in [0.05, 0.1) is 6.04 Å². The molecule has 0 fully saturated rings. The SMILES string of the molecule is C[C@@H](NC(=O)CCc1cccnc1)c1cccs1. The van der Waals surface area contributed by atoms with Crippen LogP contribution in [-0.4, -0.2) is 10.9 Å². The van der Waals surface area contributed by atoms with Gasteiger partial charge in [-0.05, 0) is 36.4 Å². The first-order chi connectivity index (χ1) is 8.75. The van der Waals surface area contributed by atoms with Gasteiger partial charge >= 0.3 is 0 Å². The second-order valence-corrected chi connectivity index (χ2v) is 5.15. The monoisotopic (exact) mass is 260 g/mol. The highest BCUT2D eigenvalue weighted by atomic mass is 32.1. The van der Waals surface area contributed by atoms with Gasteiger partial charge in [-0.2, -0.15) is 0 Å². The molecule has 18 heavy (non-hydrogen) atoms. The number of nitrogens with one attached hydrogen (secondary N) is 1. The summed E-state index contributed by atoms with van der Waals surface area (Å²) in [7, 11) is 0. The highest BCUT2D eigenvalue weighted by Crippen LogP contribution is 2.18. The van der Waals surface area contributed by atoms with E-state index in [9.17, 15) is 4.79 Å². The zero-order valence-electron chi connectivity index (χ0n) is 10.3. The molecule has 2 rings (SSSR count). The minimum atomic E-state index is 0.0831. The molecule has 0 bridgehead atoms. The minimum Gasteiger partial charge on any atom is -0.349 e. The zero-order valence-corrected chi connectivity index (χ0v) is 11.1. The maximum absolute atomic E-state index is 11.8. The highest BCUT2D eigenvalue weighted by Gasteiger charge is 2.10. The quantitative estimate of drug-likeness (QED) is 0.898. The second-order valence-electron chi connectivity index (χ2n) is 4.17. The smallest absolute Gasteiger partial charge is 0.220 e. The Kier molecular flexibility index (Phi) is 4.47. The van der Waals surface area contributed by atoms with Crippen molar-refractivity contribution in [3.8, 4) is 0 Å². The van der Waals surface area contributed by atoms with Crippen molar-refractivity contribution in [2.45, 2.75) is 25.8 Å². The molecule has 2 aromatic heterocycles. The number of nitrogens with zero attached hydrogens (tertiary/aromatic N) is 1. The predicted molar refractivity (Wildman–Crippen MR) is 73.4 cm³/mol. The van der Waals surface area contributed by atoms with Crippen molar-refractivity contribution in [3.05, 3.63) is 52.5 Å². The molecule has 0 spiro atoms. The number of aromatic nitrogens is 1. The summed E-state index contributed by atoms with van der Waals surface area (Å²) in [6, 6.07) is 8.01. The van der Waals surface area contributed by atoms with Crippen molar-refractivity contribution in [2.24, 2.45) is 0 Å². The van der Waals surface area contributed by atoms with Crippen molar-refractivity contribution in [3.63, 3.8) is 0 Å². The van der Waals surface area contributed by atoms with Crippen LogP contribution in [0.2, 0.25) is 0 Å². The van der Waals surface area contributed by atoms with Crippen LogP contribution in [0.4, 0.5) is 0 Å². The van der Waals surface area contributed by atoms with Gasteiger partial charge in [0, 0.05) is 23.7 Å². The Balaban J connectivity index is 1.79. The van der Waals surface area contributed by atoms with Crippen LogP contribution in [0.5, 0.6) is 0 Å². The van der Waals surface area contributed by atoms with Gasteiger partial charge in [0.25, 0.3) is 0 Å². The molecule has 1 amide bonds. The van der Waals surface area contributed by atoms with Crippen molar-refractivity contribution in [1.82, 2.24) is 10.3 Å². The molecular formula is C14H16N2OS. The number of thiophene rings is 1. The van der Waals surface area contributed by atoms with Gasteiger partial charge in [-0.1, -0.05) is 12.1 Å². The van der Waals surface area contributed by atoms with Crippen LogP contribution in [0.1, 0.15) is 29.8 Å². The highest BCUT2D eigenvalue weighted by molar-refractivity contribution is 7.10. The average Bonchev–Trinajstić information content (AvgIpc) is 2.91. The lowest BCUT2D eigenvalue weighted by atomic mass is 10.1. The van der Waals surface area contributed by atoms with Crippen LogP contribution in [-0.2, 0) is 11.2 Å². The molecule has 4 heteroatoms. The lowest BCUT2D eigenvalue weighted by Crippen LogP contribution is -2.26. The number of carbonyl (C=O) groups is 1. The Morgan fingerprint density at radius 1 is 1.44 bits per heavy atom. The summed E-state index contributed by atoms with van der Waals surface area (Å²) in [5.41, 5.74) is 1.09. The summed E-state index contributed by atoms with van der Waals surface area (Å²) in [5.74, 6) is 0.0831. The molecule has 0 aliphatic carbocycles. The molecule has 0 unspecified atom stereocenters. The fourth-order valence-corrected chi connectivity index (χ4v) is 2.46. The first kappa shape index (κ1) is 12.8. The number of carbonyl (C=O) groups excluding carboxylic acids is 1. The number of hydrogen-bond donors (Lipinski definition) is 1. The Morgan fingerprint density at radius 2 is 2.33 bits per heavy atom. The van der Waals surface area contributed by atoms with Crippen molar-refractivity contribution in [2.75, 3.05) is 0 Å². The second kappa shape index (κ2) is 6.31. The van der Waals surface area contributed by atoms with Crippen LogP contribution in [0.25, 0.3) is 0 Å². The number of rotatable bonds is 5. The Bertz CT molecular complexity index is 482. The number of pyridine rings is 1. The summed E-state index contributed by atoms with van der Waals surface area (Å²) >= 11 is 1.66. The molecule has 0 saturated heterocycles. The van der Waals surface area contributed by atoms with E-state index in [0.29, 0.717) is 6.42 Å². The number of amides is 1. The van der Waals surface area contributed by atoms with E-state index in [1.165, 1.54) is 4.88 Å². The van der Waals surface area contributed by atoms with Crippen molar-refractivity contribution in [1.29, 1.82) is 0 Å². The topological polar surface area (TPSA) is 42.0 Å². The van der Waals surface area contributed by atoms with Crippen LogP contribution in [0.15, 0.2) is 42.0 Å². The van der Waals surface area contributed by atoms with Crippen molar-refractivity contribution >= 4 is 17.2 Å². The average molecular weight is 260 g/mol. The Labute approximate surface area is 111 Å². The van der Waals surface area contributed by atoms with Crippen LogP contribution < -0.4 is 5.32 Å². The summed E-state index contributed by atoms with van der Waals surface area (Å²) in [6.07, 6.45) is 4.77. The van der Waals surface area contributed by atoms with Crippen LogP contribution >= 0.6 is 11.3 Å². The van der Waals surface area contributed by atoms with E-state index in [1.807, 2.05) is 36.6 Å². The molecule has 2 heterocycles. The molecule has 0 aliphatic heterocycles. The molecule has 0 saturated carbocycles. The largest absolute Gasteiger partial charge is 0.349 e. The number of aryl methyl sites for hydroxylation is 1. The van der Waals surface area contributed by atoms with Gasteiger partial charge in [-0.15, -0.1) is 11.3 Å². The van der Waals surface area contributed by atoms with Gasteiger partial charge in [-0.25, -0.2) is 0 Å².